The number of amidine groups is 1. The Hall–Kier alpha value is -1.04. The van der Waals surface area contributed by atoms with Gasteiger partial charge >= 0.3 is 5.97 Å². The van der Waals surface area contributed by atoms with Gasteiger partial charge in [0.15, 0.2) is 5.17 Å². The fraction of sp³-hybridized carbons (Fsp3) is 0.810. The standard InChI is InChI=1S/C21H39FN2O2S/c1-8-10-12-19(15(4)14(3)16(5)22)17(6)27-21(23-7)24-13-18(11-9-2)20(25)26/h8,10,14-19H,9,11-13H2,1-7H3,(H,23,24)(H,25,26)/b10-8-/t14-,15+,16?,17+,18?,19-/m0/s1. The zero-order valence-electron chi connectivity index (χ0n) is 18.0. The highest BCUT2D eigenvalue weighted by atomic mass is 32.2. The van der Waals surface area contributed by atoms with Crippen LogP contribution in [0.15, 0.2) is 17.1 Å². The summed E-state index contributed by atoms with van der Waals surface area (Å²) in [4.78, 5) is 15.6. The van der Waals surface area contributed by atoms with Gasteiger partial charge in [-0.1, -0.05) is 58.0 Å². The number of carboxylic acid groups (broad SMARTS) is 1. The highest BCUT2D eigenvalue weighted by Crippen LogP contribution is 2.35. The Morgan fingerprint density at radius 1 is 1.26 bits per heavy atom. The van der Waals surface area contributed by atoms with Crippen LogP contribution in [-0.2, 0) is 4.79 Å². The van der Waals surface area contributed by atoms with Gasteiger partial charge in [-0.25, -0.2) is 4.39 Å². The number of alkyl halides is 1. The van der Waals surface area contributed by atoms with Crippen LogP contribution in [0, 0.1) is 23.7 Å². The maximum absolute atomic E-state index is 13.9. The van der Waals surface area contributed by atoms with Gasteiger partial charge in [0, 0.05) is 18.8 Å². The summed E-state index contributed by atoms with van der Waals surface area (Å²) in [7, 11) is 1.72. The van der Waals surface area contributed by atoms with Crippen molar-refractivity contribution in [1.82, 2.24) is 5.32 Å². The number of rotatable bonds is 12. The zero-order valence-corrected chi connectivity index (χ0v) is 18.9. The van der Waals surface area contributed by atoms with Gasteiger partial charge in [0.2, 0.25) is 0 Å². The Morgan fingerprint density at radius 3 is 2.33 bits per heavy atom. The number of carbonyl (C=O) groups is 1. The van der Waals surface area contributed by atoms with Crippen molar-refractivity contribution in [2.45, 2.75) is 72.2 Å². The fourth-order valence-corrected chi connectivity index (χ4v) is 4.40. The summed E-state index contributed by atoms with van der Waals surface area (Å²) in [5.41, 5.74) is 0. The first kappa shape index (κ1) is 26.0. The lowest BCUT2D eigenvalue weighted by atomic mass is 9.78. The summed E-state index contributed by atoms with van der Waals surface area (Å²) in [6, 6.07) is 0. The van der Waals surface area contributed by atoms with Crippen LogP contribution in [0.5, 0.6) is 0 Å². The second-order valence-corrected chi connectivity index (χ2v) is 8.79. The normalized spacial score (nSPS) is 19.3. The van der Waals surface area contributed by atoms with Crippen LogP contribution in [0.4, 0.5) is 4.39 Å². The van der Waals surface area contributed by atoms with Gasteiger partial charge in [0.05, 0.1) is 5.92 Å². The molecular formula is C21H39FN2O2S. The molecule has 6 atom stereocenters. The molecule has 0 bridgehead atoms. The van der Waals surface area contributed by atoms with Gasteiger partial charge in [-0.3, -0.25) is 9.79 Å². The molecule has 0 amide bonds. The number of halogens is 1. The molecule has 0 aromatic carbocycles. The average Bonchev–Trinajstić information content (AvgIpc) is 2.62. The summed E-state index contributed by atoms with van der Waals surface area (Å²) in [6.07, 6.45) is 5.72. The Bertz CT molecular complexity index is 483. The zero-order chi connectivity index (χ0) is 21.0. The molecule has 4 nitrogen and oxygen atoms in total. The number of allylic oxidation sites excluding steroid dienone is 2. The molecule has 0 saturated heterocycles. The quantitative estimate of drug-likeness (QED) is 0.261. The van der Waals surface area contributed by atoms with Gasteiger partial charge in [-0.05, 0) is 44.4 Å². The molecule has 0 aliphatic heterocycles. The first-order valence-corrected chi connectivity index (χ1v) is 10.9. The Morgan fingerprint density at radius 2 is 1.89 bits per heavy atom. The molecule has 0 aromatic rings. The predicted octanol–water partition coefficient (Wildman–Crippen LogP) is 5.40. The lowest BCUT2D eigenvalue weighted by Gasteiger charge is -2.33. The molecule has 27 heavy (non-hydrogen) atoms. The fourth-order valence-electron chi connectivity index (χ4n) is 3.24. The van der Waals surface area contributed by atoms with Crippen molar-refractivity contribution in [2.75, 3.05) is 13.6 Å². The van der Waals surface area contributed by atoms with Crippen molar-refractivity contribution in [3.05, 3.63) is 12.2 Å². The highest BCUT2D eigenvalue weighted by Gasteiger charge is 2.30. The van der Waals surface area contributed by atoms with E-state index in [1.165, 1.54) is 0 Å². The molecule has 0 heterocycles. The topological polar surface area (TPSA) is 61.7 Å². The van der Waals surface area contributed by atoms with E-state index in [2.05, 4.69) is 30.2 Å². The van der Waals surface area contributed by atoms with Crippen molar-refractivity contribution in [3.8, 4) is 0 Å². The molecule has 0 rings (SSSR count). The van der Waals surface area contributed by atoms with E-state index in [0.717, 1.165) is 18.0 Å². The largest absolute Gasteiger partial charge is 0.481 e. The number of carboxylic acids is 1. The van der Waals surface area contributed by atoms with E-state index >= 15 is 0 Å². The number of aliphatic imine (C=N–C) groups is 1. The maximum Gasteiger partial charge on any atom is 0.308 e. The van der Waals surface area contributed by atoms with E-state index in [-0.39, 0.29) is 17.1 Å². The molecule has 0 aromatic heterocycles. The van der Waals surface area contributed by atoms with Crippen LogP contribution in [0.3, 0.4) is 0 Å². The van der Waals surface area contributed by atoms with Gasteiger partial charge in [-0.2, -0.15) is 0 Å². The third-order valence-corrected chi connectivity index (χ3v) is 6.73. The van der Waals surface area contributed by atoms with Gasteiger partial charge in [0.25, 0.3) is 0 Å². The first-order chi connectivity index (χ1) is 12.7. The van der Waals surface area contributed by atoms with Crippen molar-refractivity contribution in [3.63, 3.8) is 0 Å². The Labute approximate surface area is 169 Å². The summed E-state index contributed by atoms with van der Waals surface area (Å²) < 4.78 is 13.9. The average molecular weight is 403 g/mol. The number of nitrogens with one attached hydrogen (secondary N) is 1. The molecule has 0 saturated carbocycles. The number of hydrogen-bond acceptors (Lipinski definition) is 3. The number of nitrogens with zero attached hydrogens (tertiary/aromatic N) is 1. The predicted molar refractivity (Wildman–Crippen MR) is 116 cm³/mol. The van der Waals surface area contributed by atoms with Gasteiger partial charge < -0.3 is 10.4 Å². The molecular weight excluding hydrogens is 363 g/mol. The smallest absolute Gasteiger partial charge is 0.308 e. The molecule has 0 aliphatic rings. The van der Waals surface area contributed by atoms with E-state index in [0.29, 0.717) is 18.9 Å². The van der Waals surface area contributed by atoms with Crippen LogP contribution in [0.2, 0.25) is 0 Å². The van der Waals surface area contributed by atoms with Crippen LogP contribution < -0.4 is 5.32 Å². The van der Waals surface area contributed by atoms with E-state index in [1.54, 1.807) is 25.7 Å². The molecule has 0 radical (unpaired) electrons. The van der Waals surface area contributed by atoms with E-state index in [4.69, 9.17) is 0 Å². The Kier molecular flexibility index (Phi) is 13.5. The van der Waals surface area contributed by atoms with E-state index in [1.807, 2.05) is 26.8 Å². The lowest BCUT2D eigenvalue weighted by Crippen LogP contribution is -2.35. The Balaban J connectivity index is 5.04. The third kappa shape index (κ3) is 9.63. The van der Waals surface area contributed by atoms with Crippen molar-refractivity contribution >= 4 is 22.9 Å². The van der Waals surface area contributed by atoms with E-state index < -0.39 is 18.1 Å². The maximum atomic E-state index is 13.9. The van der Waals surface area contributed by atoms with Crippen LogP contribution in [0.1, 0.15) is 60.8 Å². The minimum absolute atomic E-state index is 0.0146. The summed E-state index contributed by atoms with van der Waals surface area (Å²) in [6.45, 7) is 12.3. The van der Waals surface area contributed by atoms with E-state index in [9.17, 15) is 14.3 Å². The SMILES string of the molecule is C/C=C\C[C@@H]([C@H](C)[C@H](C)C(C)F)[C@@H](C)S/C(=N\C)NCC(CCC)C(=O)O. The lowest BCUT2D eigenvalue weighted by molar-refractivity contribution is -0.141. The number of aliphatic carboxylic acids is 1. The van der Waals surface area contributed by atoms with Crippen molar-refractivity contribution < 1.29 is 14.3 Å². The van der Waals surface area contributed by atoms with Crippen LogP contribution in [0.25, 0.3) is 0 Å². The summed E-state index contributed by atoms with van der Waals surface area (Å²) in [5, 5.41) is 13.5. The minimum atomic E-state index is -0.840. The second kappa shape index (κ2) is 14.0. The van der Waals surface area contributed by atoms with Crippen LogP contribution in [-0.4, -0.2) is 41.3 Å². The summed E-state index contributed by atoms with van der Waals surface area (Å²) >= 11 is 1.62. The van der Waals surface area contributed by atoms with Gasteiger partial charge in [0.1, 0.15) is 6.17 Å². The second-order valence-electron chi connectivity index (χ2n) is 7.42. The molecule has 2 N–H and O–H groups in total. The van der Waals surface area contributed by atoms with Gasteiger partial charge in [-0.15, -0.1) is 0 Å². The van der Waals surface area contributed by atoms with Crippen LogP contribution >= 0.6 is 11.8 Å². The molecule has 0 fully saturated rings. The first-order valence-electron chi connectivity index (χ1n) is 10.0. The monoisotopic (exact) mass is 402 g/mol. The van der Waals surface area contributed by atoms with Crippen molar-refractivity contribution in [2.24, 2.45) is 28.7 Å². The third-order valence-electron chi connectivity index (χ3n) is 5.46. The molecule has 0 spiro atoms. The molecule has 2 unspecified atom stereocenters. The number of hydrogen-bond donors (Lipinski definition) is 2. The molecule has 0 aliphatic carbocycles. The number of thioether (sulfide) groups is 1. The molecule has 158 valence electrons. The highest BCUT2D eigenvalue weighted by molar-refractivity contribution is 8.14. The minimum Gasteiger partial charge on any atom is -0.481 e. The summed E-state index contributed by atoms with van der Waals surface area (Å²) in [5.74, 6) is -0.659. The molecule has 6 heteroatoms. The van der Waals surface area contributed by atoms with Crippen molar-refractivity contribution in [1.29, 1.82) is 0 Å².